The van der Waals surface area contributed by atoms with E-state index in [1.807, 2.05) is 13.8 Å². The molecule has 0 aliphatic carbocycles. The van der Waals surface area contributed by atoms with Crippen LogP contribution >= 0.6 is 0 Å². The van der Waals surface area contributed by atoms with Crippen LogP contribution in [0.5, 0.6) is 0 Å². The van der Waals surface area contributed by atoms with Crippen molar-refractivity contribution in [2.45, 2.75) is 32.7 Å². The van der Waals surface area contributed by atoms with E-state index in [1.54, 1.807) is 25.1 Å². The maximum Gasteiger partial charge on any atom is 0.235 e. The number of pyridine rings is 1. The molecule has 5 rings (SSSR count). The number of halogens is 2. The molecular weight excluding hydrogens is 402 g/mol. The van der Waals surface area contributed by atoms with E-state index in [1.165, 1.54) is 16.8 Å². The van der Waals surface area contributed by atoms with Crippen molar-refractivity contribution in [3.8, 4) is 11.5 Å². The van der Waals surface area contributed by atoms with Gasteiger partial charge in [-0.15, -0.1) is 0 Å². The molecule has 1 aliphatic rings. The van der Waals surface area contributed by atoms with Crippen LogP contribution in [0, 0.1) is 18.6 Å². The zero-order chi connectivity index (χ0) is 21.9. The van der Waals surface area contributed by atoms with Gasteiger partial charge in [0.05, 0.1) is 23.5 Å². The molecule has 156 valence electrons. The second kappa shape index (κ2) is 6.63. The van der Waals surface area contributed by atoms with Crippen molar-refractivity contribution in [1.82, 2.24) is 24.7 Å². The lowest BCUT2D eigenvalue weighted by Crippen LogP contribution is -2.27. The quantitative estimate of drug-likeness (QED) is 0.546. The summed E-state index contributed by atoms with van der Waals surface area (Å²) in [5.74, 6) is -0.423. The van der Waals surface area contributed by atoms with Crippen molar-refractivity contribution >= 4 is 22.8 Å². The number of carbonyl (C=O) groups excluding carboxylic acids is 1. The Kier molecular flexibility index (Phi) is 4.11. The van der Waals surface area contributed by atoms with Gasteiger partial charge >= 0.3 is 0 Å². The standard InChI is InChI=1S/C22H18F2N6O/c1-11-16-18(28-21(31)22(16,2)3)27-19(26-11)17-14-8-13(23)9-25-20(14)30(29-17)10-12-6-4-5-7-15(12)24/h4-9H,10H2,1-3H3,(H,26,27,28,31). The van der Waals surface area contributed by atoms with Gasteiger partial charge in [-0.1, -0.05) is 18.2 Å². The number of nitrogens with zero attached hydrogens (tertiary/aromatic N) is 5. The first kappa shape index (κ1) is 19.2. The van der Waals surface area contributed by atoms with Crippen molar-refractivity contribution in [2.24, 2.45) is 0 Å². The first-order chi connectivity index (χ1) is 14.8. The van der Waals surface area contributed by atoms with Gasteiger partial charge in [-0.2, -0.15) is 5.10 Å². The summed E-state index contributed by atoms with van der Waals surface area (Å²) in [7, 11) is 0. The van der Waals surface area contributed by atoms with Gasteiger partial charge in [0.25, 0.3) is 0 Å². The number of aryl methyl sites for hydroxylation is 1. The summed E-state index contributed by atoms with van der Waals surface area (Å²) in [6.45, 7) is 5.52. The van der Waals surface area contributed by atoms with Crippen LogP contribution in [0.1, 0.15) is 30.7 Å². The molecule has 1 N–H and O–H groups in total. The highest BCUT2D eigenvalue weighted by atomic mass is 19.1. The fraction of sp³-hybridized carbons (Fsp3) is 0.227. The van der Waals surface area contributed by atoms with E-state index in [4.69, 9.17) is 0 Å². The monoisotopic (exact) mass is 420 g/mol. The Hall–Kier alpha value is -3.75. The Morgan fingerprint density at radius 1 is 1.16 bits per heavy atom. The number of hydrogen-bond acceptors (Lipinski definition) is 5. The van der Waals surface area contributed by atoms with Crippen LogP contribution in [0.3, 0.4) is 0 Å². The number of anilines is 1. The lowest BCUT2D eigenvalue weighted by molar-refractivity contribution is -0.119. The molecule has 31 heavy (non-hydrogen) atoms. The fourth-order valence-corrected chi connectivity index (χ4v) is 3.99. The molecule has 4 heterocycles. The second-order valence-corrected chi connectivity index (χ2v) is 8.06. The number of rotatable bonds is 3. The summed E-state index contributed by atoms with van der Waals surface area (Å²) in [6.07, 6.45) is 1.09. The van der Waals surface area contributed by atoms with Gasteiger partial charge in [-0.3, -0.25) is 4.79 Å². The van der Waals surface area contributed by atoms with Crippen LogP contribution in [0.15, 0.2) is 36.5 Å². The summed E-state index contributed by atoms with van der Waals surface area (Å²) < 4.78 is 29.7. The van der Waals surface area contributed by atoms with Crippen molar-refractivity contribution in [1.29, 1.82) is 0 Å². The van der Waals surface area contributed by atoms with Gasteiger partial charge in [-0.25, -0.2) is 28.4 Å². The molecule has 0 radical (unpaired) electrons. The Morgan fingerprint density at radius 2 is 1.94 bits per heavy atom. The second-order valence-electron chi connectivity index (χ2n) is 8.06. The SMILES string of the molecule is Cc1nc(-c2nn(Cc3ccccc3F)c3ncc(F)cc23)nc2c1C(C)(C)C(=O)N2. The summed E-state index contributed by atoms with van der Waals surface area (Å²) in [5.41, 5.74) is 1.71. The predicted octanol–water partition coefficient (Wildman–Crippen LogP) is 3.75. The number of amides is 1. The lowest BCUT2D eigenvalue weighted by Gasteiger charge is -2.16. The molecule has 0 unspecified atom stereocenters. The van der Waals surface area contributed by atoms with Crippen molar-refractivity contribution < 1.29 is 13.6 Å². The molecule has 7 nitrogen and oxygen atoms in total. The van der Waals surface area contributed by atoms with E-state index < -0.39 is 11.2 Å². The van der Waals surface area contributed by atoms with Gasteiger partial charge in [0.15, 0.2) is 11.5 Å². The normalized spacial score (nSPS) is 14.7. The topological polar surface area (TPSA) is 85.6 Å². The molecule has 4 aromatic rings. The van der Waals surface area contributed by atoms with E-state index in [0.717, 1.165) is 11.8 Å². The molecule has 0 bridgehead atoms. The van der Waals surface area contributed by atoms with E-state index in [9.17, 15) is 13.6 Å². The average Bonchev–Trinajstić information content (AvgIpc) is 3.17. The molecule has 1 amide bonds. The molecular formula is C22H18F2N6O. The van der Waals surface area contributed by atoms with Crippen LogP contribution in [0.2, 0.25) is 0 Å². The third kappa shape index (κ3) is 2.96. The van der Waals surface area contributed by atoms with Crippen molar-refractivity contribution in [2.75, 3.05) is 5.32 Å². The minimum Gasteiger partial charge on any atom is -0.310 e. The van der Waals surface area contributed by atoms with Gasteiger partial charge in [0.1, 0.15) is 23.1 Å². The first-order valence-corrected chi connectivity index (χ1v) is 9.72. The Bertz CT molecular complexity index is 1380. The van der Waals surface area contributed by atoms with E-state index in [0.29, 0.717) is 33.8 Å². The number of benzene rings is 1. The summed E-state index contributed by atoms with van der Waals surface area (Å²) in [4.78, 5) is 25.6. The molecule has 0 fully saturated rings. The van der Waals surface area contributed by atoms with Crippen LogP contribution in [0.25, 0.3) is 22.6 Å². The summed E-state index contributed by atoms with van der Waals surface area (Å²) in [6, 6.07) is 7.66. The zero-order valence-electron chi connectivity index (χ0n) is 17.1. The van der Waals surface area contributed by atoms with Gasteiger partial charge in [0, 0.05) is 16.8 Å². The van der Waals surface area contributed by atoms with Crippen molar-refractivity contribution in [3.05, 3.63) is 65.0 Å². The fourth-order valence-electron chi connectivity index (χ4n) is 3.99. The molecule has 0 saturated heterocycles. The Labute approximate surface area is 176 Å². The van der Waals surface area contributed by atoms with Gasteiger partial charge in [0.2, 0.25) is 5.91 Å². The lowest BCUT2D eigenvalue weighted by atomic mass is 9.86. The maximum atomic E-state index is 14.2. The number of hydrogen-bond donors (Lipinski definition) is 1. The smallest absolute Gasteiger partial charge is 0.235 e. The van der Waals surface area contributed by atoms with Crippen LogP contribution in [-0.2, 0) is 16.8 Å². The van der Waals surface area contributed by atoms with Crippen molar-refractivity contribution in [3.63, 3.8) is 0 Å². The minimum absolute atomic E-state index is 0.107. The van der Waals surface area contributed by atoms with Gasteiger partial charge < -0.3 is 5.32 Å². The highest BCUT2D eigenvalue weighted by Crippen LogP contribution is 2.39. The molecule has 3 aromatic heterocycles. The molecule has 0 atom stereocenters. The molecule has 9 heteroatoms. The first-order valence-electron chi connectivity index (χ1n) is 9.72. The number of carbonyl (C=O) groups is 1. The predicted molar refractivity (Wildman–Crippen MR) is 110 cm³/mol. The Balaban J connectivity index is 1.69. The molecule has 1 aromatic carbocycles. The Morgan fingerprint density at radius 3 is 2.71 bits per heavy atom. The highest BCUT2D eigenvalue weighted by Gasteiger charge is 2.41. The van der Waals surface area contributed by atoms with Gasteiger partial charge in [-0.05, 0) is 32.9 Å². The minimum atomic E-state index is -0.752. The van der Waals surface area contributed by atoms with E-state index in [-0.39, 0.29) is 24.1 Å². The van der Waals surface area contributed by atoms with Crippen LogP contribution in [-0.4, -0.2) is 30.6 Å². The highest BCUT2D eigenvalue weighted by molar-refractivity contribution is 6.05. The molecule has 0 spiro atoms. The van der Waals surface area contributed by atoms with E-state index >= 15 is 0 Å². The number of fused-ring (bicyclic) bond motifs is 2. The van der Waals surface area contributed by atoms with Crippen LogP contribution < -0.4 is 5.32 Å². The third-order valence-corrected chi connectivity index (χ3v) is 5.56. The molecule has 0 saturated carbocycles. The third-order valence-electron chi connectivity index (χ3n) is 5.56. The summed E-state index contributed by atoms with van der Waals surface area (Å²) in [5, 5.41) is 7.73. The number of aromatic nitrogens is 5. The van der Waals surface area contributed by atoms with Crippen LogP contribution in [0.4, 0.5) is 14.6 Å². The average molecular weight is 420 g/mol. The van der Waals surface area contributed by atoms with E-state index in [2.05, 4.69) is 25.4 Å². The summed E-state index contributed by atoms with van der Waals surface area (Å²) >= 11 is 0. The largest absolute Gasteiger partial charge is 0.310 e. The number of nitrogens with one attached hydrogen (secondary N) is 1. The zero-order valence-corrected chi connectivity index (χ0v) is 17.1. The maximum absolute atomic E-state index is 14.2. The molecule has 1 aliphatic heterocycles.